The number of aryl methyl sites for hydroxylation is 1. The Balaban J connectivity index is 1.96. The predicted molar refractivity (Wildman–Crippen MR) is 91.8 cm³/mol. The van der Waals surface area contributed by atoms with Crippen LogP contribution < -0.4 is 10.0 Å². The van der Waals surface area contributed by atoms with Crippen LogP contribution in [0.25, 0.3) is 10.9 Å². The third-order valence-electron chi connectivity index (χ3n) is 3.75. The lowest BCUT2D eigenvalue weighted by Crippen LogP contribution is -2.44. The van der Waals surface area contributed by atoms with Crippen molar-refractivity contribution < 1.29 is 13.2 Å². The SMILES string of the molecule is CCc1cccc2c(CCNC(=O)[C@H](C)NS(C)(=O)=O)c[nH]c12. The van der Waals surface area contributed by atoms with E-state index in [1.54, 1.807) is 0 Å². The number of hydrogen-bond donors (Lipinski definition) is 3. The van der Waals surface area contributed by atoms with E-state index in [9.17, 15) is 13.2 Å². The fraction of sp³-hybridized carbons (Fsp3) is 0.438. The number of H-pyrrole nitrogens is 1. The average Bonchev–Trinajstić information content (AvgIpc) is 2.88. The Kier molecular flexibility index (Phi) is 5.43. The van der Waals surface area contributed by atoms with Crippen molar-refractivity contribution in [3.8, 4) is 0 Å². The maximum Gasteiger partial charge on any atom is 0.237 e. The summed E-state index contributed by atoms with van der Waals surface area (Å²) in [7, 11) is -3.39. The molecule has 126 valence electrons. The second-order valence-electron chi connectivity index (χ2n) is 5.66. The van der Waals surface area contributed by atoms with Crippen LogP contribution in [0.15, 0.2) is 24.4 Å². The number of sulfonamides is 1. The number of fused-ring (bicyclic) bond motifs is 1. The summed E-state index contributed by atoms with van der Waals surface area (Å²) in [5, 5.41) is 3.92. The number of carbonyl (C=O) groups excluding carboxylic acids is 1. The van der Waals surface area contributed by atoms with Crippen LogP contribution >= 0.6 is 0 Å². The quantitative estimate of drug-likeness (QED) is 0.712. The number of para-hydroxylation sites is 1. The molecule has 0 unspecified atom stereocenters. The van der Waals surface area contributed by atoms with Crippen molar-refractivity contribution in [3.05, 3.63) is 35.5 Å². The van der Waals surface area contributed by atoms with Gasteiger partial charge in [0.05, 0.1) is 12.3 Å². The van der Waals surface area contributed by atoms with Crippen LogP contribution in [0, 0.1) is 0 Å². The average molecular weight is 337 g/mol. The van der Waals surface area contributed by atoms with Gasteiger partial charge in [0.25, 0.3) is 0 Å². The molecule has 2 aromatic rings. The first kappa shape index (κ1) is 17.5. The number of nitrogens with one attached hydrogen (secondary N) is 3. The molecule has 0 saturated carbocycles. The molecule has 0 saturated heterocycles. The van der Waals surface area contributed by atoms with Gasteiger partial charge in [0.15, 0.2) is 0 Å². The number of benzene rings is 1. The predicted octanol–water partition coefficient (Wildman–Crippen LogP) is 1.33. The van der Waals surface area contributed by atoms with Gasteiger partial charge >= 0.3 is 0 Å². The molecule has 0 aliphatic carbocycles. The van der Waals surface area contributed by atoms with Gasteiger partial charge in [-0.05, 0) is 30.9 Å². The van der Waals surface area contributed by atoms with Gasteiger partial charge in [-0.2, -0.15) is 0 Å². The molecular formula is C16H23N3O3S. The first-order chi connectivity index (χ1) is 10.8. The van der Waals surface area contributed by atoms with Gasteiger partial charge in [0, 0.05) is 23.6 Å². The van der Waals surface area contributed by atoms with E-state index in [0.29, 0.717) is 13.0 Å². The van der Waals surface area contributed by atoms with Gasteiger partial charge in [-0.1, -0.05) is 25.1 Å². The minimum atomic E-state index is -3.39. The highest BCUT2D eigenvalue weighted by molar-refractivity contribution is 7.88. The second-order valence-corrected chi connectivity index (χ2v) is 7.44. The minimum Gasteiger partial charge on any atom is -0.361 e. The largest absolute Gasteiger partial charge is 0.361 e. The molecule has 6 nitrogen and oxygen atoms in total. The van der Waals surface area contributed by atoms with E-state index < -0.39 is 16.1 Å². The molecule has 0 radical (unpaired) electrons. The van der Waals surface area contributed by atoms with E-state index in [0.717, 1.165) is 23.8 Å². The topological polar surface area (TPSA) is 91.1 Å². The van der Waals surface area contributed by atoms with Crippen molar-refractivity contribution >= 4 is 26.8 Å². The molecule has 1 amide bonds. The van der Waals surface area contributed by atoms with Crippen molar-refractivity contribution in [2.24, 2.45) is 0 Å². The minimum absolute atomic E-state index is 0.329. The van der Waals surface area contributed by atoms with Gasteiger partial charge in [-0.25, -0.2) is 13.1 Å². The van der Waals surface area contributed by atoms with Crippen molar-refractivity contribution in [2.75, 3.05) is 12.8 Å². The number of aromatic nitrogens is 1. The first-order valence-electron chi connectivity index (χ1n) is 7.64. The number of hydrogen-bond acceptors (Lipinski definition) is 3. The van der Waals surface area contributed by atoms with Gasteiger partial charge < -0.3 is 10.3 Å². The summed E-state index contributed by atoms with van der Waals surface area (Å²) in [6, 6.07) is 5.42. The molecule has 0 bridgehead atoms. The molecule has 7 heteroatoms. The van der Waals surface area contributed by atoms with Crippen LogP contribution in [0.3, 0.4) is 0 Å². The Morgan fingerprint density at radius 3 is 2.70 bits per heavy atom. The summed E-state index contributed by atoms with van der Waals surface area (Å²) in [5.41, 5.74) is 3.55. The van der Waals surface area contributed by atoms with E-state index >= 15 is 0 Å². The normalized spacial score (nSPS) is 13.2. The molecule has 0 aliphatic rings. The Bertz CT molecular complexity index is 796. The Morgan fingerprint density at radius 2 is 2.04 bits per heavy atom. The molecule has 1 atom stereocenters. The van der Waals surface area contributed by atoms with Gasteiger partial charge in [0.2, 0.25) is 15.9 Å². The standard InChI is InChI=1S/C16H23N3O3S/c1-4-12-6-5-7-14-13(10-18-15(12)14)8-9-17-16(20)11(2)19-23(3,21)22/h5-7,10-11,18-19H,4,8-9H2,1-3H3,(H,17,20)/t11-/m0/s1. The summed E-state index contributed by atoms with van der Waals surface area (Å²) in [6.07, 6.45) is 4.65. The van der Waals surface area contributed by atoms with Crippen LogP contribution in [0.1, 0.15) is 25.0 Å². The zero-order chi connectivity index (χ0) is 17.0. The van der Waals surface area contributed by atoms with Gasteiger partial charge in [-0.15, -0.1) is 0 Å². The molecule has 1 heterocycles. The zero-order valence-electron chi connectivity index (χ0n) is 13.6. The summed E-state index contributed by atoms with van der Waals surface area (Å²) in [6.45, 7) is 4.10. The first-order valence-corrected chi connectivity index (χ1v) is 9.54. The monoisotopic (exact) mass is 337 g/mol. The molecule has 1 aromatic heterocycles. The number of amides is 1. The smallest absolute Gasteiger partial charge is 0.237 e. The van der Waals surface area contributed by atoms with E-state index in [-0.39, 0.29) is 5.91 Å². The molecular weight excluding hydrogens is 314 g/mol. The maximum atomic E-state index is 11.9. The highest BCUT2D eigenvalue weighted by atomic mass is 32.2. The van der Waals surface area contributed by atoms with Crippen LogP contribution in [0.4, 0.5) is 0 Å². The lowest BCUT2D eigenvalue weighted by molar-refractivity contribution is -0.122. The van der Waals surface area contributed by atoms with Crippen LogP contribution in [-0.2, 0) is 27.7 Å². The third kappa shape index (κ3) is 4.56. The van der Waals surface area contributed by atoms with Crippen molar-refractivity contribution in [3.63, 3.8) is 0 Å². The Morgan fingerprint density at radius 1 is 1.30 bits per heavy atom. The lowest BCUT2D eigenvalue weighted by atomic mass is 10.1. The lowest BCUT2D eigenvalue weighted by Gasteiger charge is -2.12. The maximum absolute atomic E-state index is 11.9. The van der Waals surface area contributed by atoms with Crippen LogP contribution in [0.5, 0.6) is 0 Å². The highest BCUT2D eigenvalue weighted by Gasteiger charge is 2.16. The van der Waals surface area contributed by atoms with Crippen LogP contribution in [-0.4, -0.2) is 38.2 Å². The zero-order valence-corrected chi connectivity index (χ0v) is 14.5. The van der Waals surface area contributed by atoms with Crippen molar-refractivity contribution in [2.45, 2.75) is 32.7 Å². The summed E-state index contributed by atoms with van der Waals surface area (Å²) in [4.78, 5) is 15.2. The van der Waals surface area contributed by atoms with Gasteiger partial charge in [-0.3, -0.25) is 4.79 Å². The molecule has 1 aromatic carbocycles. The summed E-state index contributed by atoms with van der Waals surface area (Å²) < 4.78 is 24.5. The summed E-state index contributed by atoms with van der Waals surface area (Å²) in [5.74, 6) is -0.329. The highest BCUT2D eigenvalue weighted by Crippen LogP contribution is 2.22. The molecule has 3 N–H and O–H groups in total. The molecule has 0 spiro atoms. The number of carbonyl (C=O) groups is 1. The number of rotatable bonds is 7. The molecule has 0 fully saturated rings. The van der Waals surface area contributed by atoms with Crippen LogP contribution in [0.2, 0.25) is 0 Å². The fourth-order valence-electron chi connectivity index (χ4n) is 2.62. The third-order valence-corrected chi connectivity index (χ3v) is 4.53. The number of aromatic amines is 1. The molecule has 23 heavy (non-hydrogen) atoms. The Labute approximate surface area is 136 Å². The molecule has 2 rings (SSSR count). The second kappa shape index (κ2) is 7.14. The Hall–Kier alpha value is -1.86. The van der Waals surface area contributed by atoms with E-state index in [2.05, 4.69) is 34.1 Å². The van der Waals surface area contributed by atoms with E-state index in [4.69, 9.17) is 0 Å². The summed E-state index contributed by atoms with van der Waals surface area (Å²) >= 11 is 0. The van der Waals surface area contributed by atoms with E-state index in [1.807, 2.05) is 12.3 Å². The fourth-order valence-corrected chi connectivity index (χ4v) is 3.37. The van der Waals surface area contributed by atoms with E-state index in [1.165, 1.54) is 17.9 Å². The van der Waals surface area contributed by atoms with Crippen molar-refractivity contribution in [1.82, 2.24) is 15.0 Å². The molecule has 0 aliphatic heterocycles. The van der Waals surface area contributed by atoms with Crippen molar-refractivity contribution in [1.29, 1.82) is 0 Å². The van der Waals surface area contributed by atoms with Gasteiger partial charge in [0.1, 0.15) is 0 Å².